The first kappa shape index (κ1) is 20.6. The molecule has 0 atom stereocenters. The number of nitrogens with zero attached hydrogens (tertiary/aromatic N) is 1. The highest BCUT2D eigenvalue weighted by atomic mass is 35.5. The van der Waals surface area contributed by atoms with Gasteiger partial charge in [-0.1, -0.05) is 17.7 Å². The van der Waals surface area contributed by atoms with E-state index >= 15 is 0 Å². The molecule has 1 amide bonds. The fourth-order valence-corrected chi connectivity index (χ4v) is 2.96. The summed E-state index contributed by atoms with van der Waals surface area (Å²) in [5.74, 6) is 0.190. The summed E-state index contributed by atoms with van der Waals surface area (Å²) in [6.07, 6.45) is 1.48. The van der Waals surface area contributed by atoms with Crippen molar-refractivity contribution in [1.29, 1.82) is 0 Å². The van der Waals surface area contributed by atoms with Gasteiger partial charge in [0.15, 0.2) is 6.61 Å². The highest BCUT2D eigenvalue weighted by Crippen LogP contribution is 2.21. The van der Waals surface area contributed by atoms with Crippen molar-refractivity contribution in [3.05, 3.63) is 81.0 Å². The summed E-state index contributed by atoms with van der Waals surface area (Å²) >= 11 is 7.27. The number of thiophene rings is 1. The number of rotatable bonds is 7. The number of carbonyl (C=O) groups is 2. The Morgan fingerprint density at radius 1 is 1.14 bits per heavy atom. The lowest BCUT2D eigenvalue weighted by Crippen LogP contribution is -2.24. The van der Waals surface area contributed by atoms with Gasteiger partial charge in [0.25, 0.3) is 5.91 Å². The molecule has 0 aliphatic carbocycles. The predicted molar refractivity (Wildman–Crippen MR) is 113 cm³/mol. The van der Waals surface area contributed by atoms with E-state index < -0.39 is 11.9 Å². The number of benzene rings is 2. The van der Waals surface area contributed by atoms with Gasteiger partial charge in [0.05, 0.1) is 6.21 Å². The molecular formula is C21H17ClN2O4S. The number of esters is 1. The summed E-state index contributed by atoms with van der Waals surface area (Å²) in [7, 11) is 0. The zero-order valence-corrected chi connectivity index (χ0v) is 17.0. The van der Waals surface area contributed by atoms with E-state index in [-0.39, 0.29) is 6.61 Å². The van der Waals surface area contributed by atoms with Crippen LogP contribution in [0.15, 0.2) is 65.1 Å². The molecular weight excluding hydrogens is 412 g/mol. The van der Waals surface area contributed by atoms with Gasteiger partial charge in [-0.3, -0.25) is 4.79 Å². The van der Waals surface area contributed by atoms with E-state index in [1.807, 2.05) is 12.3 Å². The molecule has 0 bridgehead atoms. The molecule has 1 heterocycles. The lowest BCUT2D eigenvalue weighted by molar-refractivity contribution is -0.123. The summed E-state index contributed by atoms with van der Waals surface area (Å²) in [6, 6.07) is 15.4. The van der Waals surface area contributed by atoms with Crippen molar-refractivity contribution in [2.24, 2.45) is 5.10 Å². The van der Waals surface area contributed by atoms with Gasteiger partial charge in [0.2, 0.25) is 0 Å². The average Bonchev–Trinajstić information content (AvgIpc) is 3.25. The van der Waals surface area contributed by atoms with Gasteiger partial charge in [-0.05, 0) is 72.0 Å². The summed E-state index contributed by atoms with van der Waals surface area (Å²) in [5, 5.41) is 6.33. The molecule has 0 aliphatic heterocycles. The maximum absolute atomic E-state index is 11.9. The van der Waals surface area contributed by atoms with Crippen LogP contribution in [0.1, 0.15) is 20.8 Å². The van der Waals surface area contributed by atoms with Gasteiger partial charge in [-0.2, -0.15) is 5.10 Å². The number of hydrazone groups is 1. The molecule has 148 valence electrons. The molecule has 29 heavy (non-hydrogen) atoms. The maximum atomic E-state index is 11.9. The number of nitrogens with one attached hydrogen (secondary N) is 1. The van der Waals surface area contributed by atoms with E-state index in [0.717, 1.165) is 11.1 Å². The molecule has 6 nitrogen and oxygen atoms in total. The second-order valence-electron chi connectivity index (χ2n) is 5.93. The smallest absolute Gasteiger partial charge is 0.353 e. The SMILES string of the molecule is Cc1cc(OCC(=O)N/N=C\c2ccc(OC(=O)c3cccs3)cc2)ccc1Cl. The fourth-order valence-electron chi connectivity index (χ4n) is 2.24. The van der Waals surface area contributed by atoms with Crippen LogP contribution in [0.4, 0.5) is 0 Å². The standard InChI is InChI=1S/C21H17ClN2O4S/c1-14-11-17(8-9-18(14)22)27-13-20(25)24-23-12-15-4-6-16(7-5-15)28-21(26)19-3-2-10-29-19/h2-12H,13H2,1H3,(H,24,25)/b23-12-. The van der Waals surface area contributed by atoms with Gasteiger partial charge in [0.1, 0.15) is 16.4 Å². The van der Waals surface area contributed by atoms with E-state index in [1.165, 1.54) is 17.6 Å². The molecule has 0 saturated heterocycles. The summed E-state index contributed by atoms with van der Waals surface area (Å²) in [5.41, 5.74) is 3.99. The third kappa shape index (κ3) is 6.17. The largest absolute Gasteiger partial charge is 0.484 e. The van der Waals surface area contributed by atoms with Gasteiger partial charge < -0.3 is 9.47 Å². The molecule has 0 unspecified atom stereocenters. The molecule has 1 aromatic heterocycles. The number of hydrogen-bond donors (Lipinski definition) is 1. The van der Waals surface area contributed by atoms with Gasteiger partial charge in [-0.25, -0.2) is 10.2 Å². The van der Waals surface area contributed by atoms with Crippen LogP contribution in [0.3, 0.4) is 0 Å². The van der Waals surface area contributed by atoms with Crippen LogP contribution in [0, 0.1) is 6.92 Å². The molecule has 0 spiro atoms. The van der Waals surface area contributed by atoms with Crippen LogP contribution >= 0.6 is 22.9 Å². The van der Waals surface area contributed by atoms with Crippen molar-refractivity contribution in [1.82, 2.24) is 5.43 Å². The topological polar surface area (TPSA) is 77.0 Å². The van der Waals surface area contributed by atoms with Crippen LogP contribution in [0.25, 0.3) is 0 Å². The number of halogens is 1. The normalized spacial score (nSPS) is 10.7. The first-order chi connectivity index (χ1) is 14.0. The third-order valence-corrected chi connectivity index (χ3v) is 4.99. The Morgan fingerprint density at radius 3 is 2.59 bits per heavy atom. The predicted octanol–water partition coefficient (Wildman–Crippen LogP) is 4.46. The van der Waals surface area contributed by atoms with E-state index in [9.17, 15) is 9.59 Å². The molecule has 0 radical (unpaired) electrons. The summed E-state index contributed by atoms with van der Waals surface area (Å²) in [4.78, 5) is 24.3. The molecule has 3 aromatic rings. The Hall–Kier alpha value is -3.16. The van der Waals surface area contributed by atoms with E-state index in [4.69, 9.17) is 21.1 Å². The van der Waals surface area contributed by atoms with Crippen molar-refractivity contribution in [3.63, 3.8) is 0 Å². The Balaban J connectivity index is 1.45. The molecule has 0 aliphatic rings. The minimum absolute atomic E-state index is 0.171. The number of carbonyl (C=O) groups excluding carboxylic acids is 2. The van der Waals surface area contributed by atoms with Crippen LogP contribution in [-0.2, 0) is 4.79 Å². The zero-order chi connectivity index (χ0) is 20.6. The minimum Gasteiger partial charge on any atom is -0.484 e. The van der Waals surface area contributed by atoms with Gasteiger partial charge >= 0.3 is 5.97 Å². The summed E-state index contributed by atoms with van der Waals surface area (Å²) < 4.78 is 10.7. The molecule has 0 fully saturated rings. The van der Waals surface area contributed by atoms with Crippen LogP contribution in [0.2, 0.25) is 5.02 Å². The lowest BCUT2D eigenvalue weighted by atomic mass is 10.2. The first-order valence-corrected chi connectivity index (χ1v) is 9.83. The maximum Gasteiger partial charge on any atom is 0.353 e. The van der Waals surface area contributed by atoms with Crippen molar-refractivity contribution in [3.8, 4) is 11.5 Å². The first-order valence-electron chi connectivity index (χ1n) is 8.58. The molecule has 0 saturated carbocycles. The van der Waals surface area contributed by atoms with Crippen molar-refractivity contribution < 1.29 is 19.1 Å². The number of aryl methyl sites for hydroxylation is 1. The Morgan fingerprint density at radius 2 is 1.90 bits per heavy atom. The second kappa shape index (κ2) is 9.86. The van der Waals surface area contributed by atoms with Crippen molar-refractivity contribution in [2.45, 2.75) is 6.92 Å². The highest BCUT2D eigenvalue weighted by Gasteiger charge is 2.09. The van der Waals surface area contributed by atoms with Gasteiger partial charge in [0, 0.05) is 5.02 Å². The molecule has 3 rings (SSSR count). The summed E-state index contributed by atoms with van der Waals surface area (Å²) in [6.45, 7) is 1.68. The Kier molecular flexibility index (Phi) is 6.99. The molecule has 8 heteroatoms. The van der Waals surface area contributed by atoms with Crippen LogP contribution in [-0.4, -0.2) is 24.7 Å². The van der Waals surface area contributed by atoms with E-state index in [1.54, 1.807) is 54.6 Å². The monoisotopic (exact) mass is 428 g/mol. The van der Waals surface area contributed by atoms with Crippen molar-refractivity contribution >= 4 is 41.0 Å². The lowest BCUT2D eigenvalue weighted by Gasteiger charge is -2.06. The average molecular weight is 429 g/mol. The second-order valence-corrected chi connectivity index (χ2v) is 7.28. The van der Waals surface area contributed by atoms with E-state index in [0.29, 0.717) is 21.4 Å². The van der Waals surface area contributed by atoms with Crippen LogP contribution in [0.5, 0.6) is 11.5 Å². The minimum atomic E-state index is -0.399. The van der Waals surface area contributed by atoms with Gasteiger partial charge in [-0.15, -0.1) is 11.3 Å². The van der Waals surface area contributed by atoms with E-state index in [2.05, 4.69) is 10.5 Å². The number of hydrogen-bond acceptors (Lipinski definition) is 6. The molecule has 1 N–H and O–H groups in total. The highest BCUT2D eigenvalue weighted by molar-refractivity contribution is 7.12. The number of amides is 1. The Labute approximate surface area is 176 Å². The van der Waals surface area contributed by atoms with Crippen LogP contribution < -0.4 is 14.9 Å². The number of ether oxygens (including phenoxy) is 2. The molecule has 2 aromatic carbocycles. The third-order valence-electron chi connectivity index (χ3n) is 3.72. The fraction of sp³-hybridized carbons (Fsp3) is 0.0952. The Bertz CT molecular complexity index is 1020. The zero-order valence-electron chi connectivity index (χ0n) is 15.4. The van der Waals surface area contributed by atoms with Crippen molar-refractivity contribution in [2.75, 3.05) is 6.61 Å². The quantitative estimate of drug-likeness (QED) is 0.261.